The molecule has 1 spiro atoms. The van der Waals surface area contributed by atoms with Crippen LogP contribution in [0.1, 0.15) is 48.9 Å². The van der Waals surface area contributed by atoms with Crippen molar-refractivity contribution in [1.82, 2.24) is 15.0 Å². The minimum absolute atomic E-state index is 0.0647. The molecule has 2 fully saturated rings. The molecule has 2 saturated heterocycles. The van der Waals surface area contributed by atoms with Gasteiger partial charge in [0.25, 0.3) is 5.91 Å². The molecule has 3 heterocycles. The SMILES string of the molecule is CCc1cc(C(=O)N2CCCC23CCCN(C)C3=O)on1. The van der Waals surface area contributed by atoms with Crippen molar-refractivity contribution in [2.45, 2.75) is 44.6 Å². The highest BCUT2D eigenvalue weighted by molar-refractivity contribution is 5.98. The molecule has 0 radical (unpaired) electrons. The van der Waals surface area contributed by atoms with Gasteiger partial charge in [-0.3, -0.25) is 9.59 Å². The predicted molar refractivity (Wildman–Crippen MR) is 75.8 cm³/mol. The van der Waals surface area contributed by atoms with Crippen LogP contribution in [0.5, 0.6) is 0 Å². The maximum atomic E-state index is 12.7. The van der Waals surface area contributed by atoms with Crippen molar-refractivity contribution in [1.29, 1.82) is 0 Å². The van der Waals surface area contributed by atoms with Gasteiger partial charge in [0.15, 0.2) is 0 Å². The van der Waals surface area contributed by atoms with E-state index in [2.05, 4.69) is 5.16 Å². The number of hydrogen-bond donors (Lipinski definition) is 0. The molecule has 2 amide bonds. The van der Waals surface area contributed by atoms with Crippen LogP contribution < -0.4 is 0 Å². The van der Waals surface area contributed by atoms with Crippen molar-refractivity contribution in [2.75, 3.05) is 20.1 Å². The van der Waals surface area contributed by atoms with E-state index >= 15 is 0 Å². The predicted octanol–water partition coefficient (Wildman–Crippen LogP) is 1.46. The van der Waals surface area contributed by atoms with Crippen molar-refractivity contribution in [3.05, 3.63) is 17.5 Å². The fourth-order valence-corrected chi connectivity index (χ4v) is 3.54. The monoisotopic (exact) mass is 291 g/mol. The number of likely N-dealkylation sites (N-methyl/N-ethyl adjacent to an activating group) is 1. The zero-order valence-corrected chi connectivity index (χ0v) is 12.6. The van der Waals surface area contributed by atoms with Crippen LogP contribution in [0.2, 0.25) is 0 Å². The molecule has 1 atom stereocenters. The lowest BCUT2D eigenvalue weighted by Crippen LogP contribution is -2.60. The van der Waals surface area contributed by atoms with E-state index in [-0.39, 0.29) is 17.6 Å². The lowest BCUT2D eigenvalue weighted by atomic mass is 9.85. The quantitative estimate of drug-likeness (QED) is 0.827. The molecule has 21 heavy (non-hydrogen) atoms. The van der Waals surface area contributed by atoms with Gasteiger partial charge in [-0.05, 0) is 32.1 Å². The van der Waals surface area contributed by atoms with Crippen LogP contribution in [-0.4, -0.2) is 52.4 Å². The molecular weight excluding hydrogens is 270 g/mol. The second kappa shape index (κ2) is 5.16. The third kappa shape index (κ3) is 2.13. The Kier molecular flexibility index (Phi) is 3.47. The Labute approximate surface area is 124 Å². The van der Waals surface area contributed by atoms with E-state index in [1.54, 1.807) is 15.9 Å². The molecule has 114 valence electrons. The second-order valence-electron chi connectivity index (χ2n) is 5.96. The molecule has 6 heteroatoms. The number of aromatic nitrogens is 1. The summed E-state index contributed by atoms with van der Waals surface area (Å²) in [5, 5.41) is 3.88. The first kappa shape index (κ1) is 14.1. The van der Waals surface area contributed by atoms with Gasteiger partial charge in [0.2, 0.25) is 11.7 Å². The van der Waals surface area contributed by atoms with E-state index in [9.17, 15) is 9.59 Å². The van der Waals surface area contributed by atoms with Crippen molar-refractivity contribution < 1.29 is 14.1 Å². The lowest BCUT2D eigenvalue weighted by molar-refractivity contribution is -0.144. The molecule has 0 N–H and O–H groups in total. The summed E-state index contributed by atoms with van der Waals surface area (Å²) < 4.78 is 5.16. The molecule has 0 bridgehead atoms. The first-order chi connectivity index (χ1) is 10.1. The Morgan fingerprint density at radius 2 is 2.10 bits per heavy atom. The summed E-state index contributed by atoms with van der Waals surface area (Å²) in [4.78, 5) is 28.8. The molecule has 2 aliphatic heterocycles. The van der Waals surface area contributed by atoms with Gasteiger partial charge in [-0.2, -0.15) is 0 Å². The highest BCUT2D eigenvalue weighted by atomic mass is 16.5. The number of nitrogens with zero attached hydrogens (tertiary/aromatic N) is 3. The average Bonchev–Trinajstić information content (AvgIpc) is 3.11. The van der Waals surface area contributed by atoms with Gasteiger partial charge in [-0.1, -0.05) is 12.1 Å². The number of likely N-dealkylation sites (tertiary alicyclic amines) is 2. The molecule has 1 unspecified atom stereocenters. The zero-order chi connectivity index (χ0) is 15.0. The highest BCUT2D eigenvalue weighted by Gasteiger charge is 2.52. The molecule has 1 aromatic heterocycles. The topological polar surface area (TPSA) is 66.7 Å². The number of carbonyl (C=O) groups excluding carboxylic acids is 2. The van der Waals surface area contributed by atoms with Crippen LogP contribution in [0, 0.1) is 0 Å². The average molecular weight is 291 g/mol. The molecule has 3 rings (SSSR count). The van der Waals surface area contributed by atoms with Crippen molar-refractivity contribution in [3.8, 4) is 0 Å². The Hall–Kier alpha value is -1.85. The number of carbonyl (C=O) groups is 2. The number of rotatable bonds is 2. The van der Waals surface area contributed by atoms with Crippen LogP contribution in [-0.2, 0) is 11.2 Å². The van der Waals surface area contributed by atoms with E-state index < -0.39 is 5.54 Å². The molecule has 1 aromatic rings. The van der Waals surface area contributed by atoms with E-state index in [1.165, 1.54) is 0 Å². The van der Waals surface area contributed by atoms with Crippen LogP contribution in [0.3, 0.4) is 0 Å². The highest BCUT2D eigenvalue weighted by Crippen LogP contribution is 2.38. The summed E-state index contributed by atoms with van der Waals surface area (Å²) in [5.41, 5.74) is 0.0992. The molecular formula is C15H21N3O3. The van der Waals surface area contributed by atoms with E-state index in [4.69, 9.17) is 4.52 Å². The summed E-state index contributed by atoms with van der Waals surface area (Å²) in [6, 6.07) is 1.69. The Balaban J connectivity index is 1.89. The smallest absolute Gasteiger partial charge is 0.293 e. The van der Waals surface area contributed by atoms with Crippen molar-refractivity contribution in [2.24, 2.45) is 0 Å². The van der Waals surface area contributed by atoms with Crippen LogP contribution in [0.15, 0.2) is 10.6 Å². The molecule has 2 aliphatic rings. The van der Waals surface area contributed by atoms with Gasteiger partial charge >= 0.3 is 0 Å². The summed E-state index contributed by atoms with van der Waals surface area (Å²) in [7, 11) is 1.81. The number of aryl methyl sites for hydroxylation is 1. The first-order valence-corrected chi connectivity index (χ1v) is 7.61. The van der Waals surface area contributed by atoms with E-state index in [0.29, 0.717) is 6.54 Å². The largest absolute Gasteiger partial charge is 0.351 e. The van der Waals surface area contributed by atoms with Gasteiger partial charge in [0.1, 0.15) is 5.54 Å². The fourth-order valence-electron chi connectivity index (χ4n) is 3.54. The summed E-state index contributed by atoms with van der Waals surface area (Å²) in [5.74, 6) is 0.104. The van der Waals surface area contributed by atoms with Crippen LogP contribution in [0.25, 0.3) is 0 Å². The van der Waals surface area contributed by atoms with Gasteiger partial charge < -0.3 is 14.3 Å². The fraction of sp³-hybridized carbons (Fsp3) is 0.667. The number of hydrogen-bond acceptors (Lipinski definition) is 4. The van der Waals surface area contributed by atoms with Crippen LogP contribution >= 0.6 is 0 Å². The van der Waals surface area contributed by atoms with Gasteiger partial charge in [0.05, 0.1) is 5.69 Å². The lowest BCUT2D eigenvalue weighted by Gasteiger charge is -2.43. The van der Waals surface area contributed by atoms with Gasteiger partial charge in [-0.25, -0.2) is 0 Å². The van der Waals surface area contributed by atoms with Crippen LogP contribution in [0.4, 0.5) is 0 Å². The minimum atomic E-state index is -0.663. The summed E-state index contributed by atoms with van der Waals surface area (Å²) in [6.45, 7) is 3.34. The standard InChI is InChI=1S/C15H21N3O3/c1-3-11-10-12(21-16-11)13(19)18-9-5-7-15(18)6-4-8-17(2)14(15)20/h10H,3-9H2,1-2H3. The Bertz CT molecular complexity index is 568. The van der Waals surface area contributed by atoms with E-state index in [0.717, 1.165) is 44.3 Å². The van der Waals surface area contributed by atoms with Gasteiger partial charge in [0, 0.05) is 26.2 Å². The Morgan fingerprint density at radius 3 is 2.76 bits per heavy atom. The van der Waals surface area contributed by atoms with Crippen molar-refractivity contribution in [3.63, 3.8) is 0 Å². The van der Waals surface area contributed by atoms with Gasteiger partial charge in [-0.15, -0.1) is 0 Å². The normalized spacial score (nSPS) is 25.9. The zero-order valence-electron chi connectivity index (χ0n) is 12.6. The Morgan fingerprint density at radius 1 is 1.38 bits per heavy atom. The molecule has 0 aromatic carbocycles. The maximum absolute atomic E-state index is 12.7. The molecule has 0 aliphatic carbocycles. The third-order valence-electron chi connectivity index (χ3n) is 4.69. The molecule has 6 nitrogen and oxygen atoms in total. The summed E-state index contributed by atoms with van der Waals surface area (Å²) >= 11 is 0. The summed E-state index contributed by atoms with van der Waals surface area (Å²) in [6.07, 6.45) is 4.01. The number of piperidine rings is 1. The first-order valence-electron chi connectivity index (χ1n) is 7.61. The maximum Gasteiger partial charge on any atom is 0.293 e. The number of amides is 2. The molecule has 0 saturated carbocycles. The van der Waals surface area contributed by atoms with E-state index in [1.807, 2.05) is 14.0 Å². The second-order valence-corrected chi connectivity index (χ2v) is 5.96. The third-order valence-corrected chi connectivity index (χ3v) is 4.69. The van der Waals surface area contributed by atoms with Crippen molar-refractivity contribution >= 4 is 11.8 Å². The minimum Gasteiger partial charge on any atom is -0.351 e.